The highest BCUT2D eigenvalue weighted by Gasteiger charge is 2.13. The number of hydrogen-bond donors (Lipinski definition) is 0. The molecular weight excluding hydrogens is 278 g/mol. The van der Waals surface area contributed by atoms with Crippen molar-refractivity contribution in [1.29, 1.82) is 0 Å². The van der Waals surface area contributed by atoms with Gasteiger partial charge in [0.25, 0.3) is 5.56 Å². The molecule has 22 heavy (non-hydrogen) atoms. The second-order valence-electron chi connectivity index (χ2n) is 5.44. The molecular formula is C18H21NO3. The first-order valence-corrected chi connectivity index (χ1v) is 7.27. The molecule has 0 amide bonds. The number of carbonyl (C=O) groups excluding carboxylic acids is 1. The summed E-state index contributed by atoms with van der Waals surface area (Å²) >= 11 is 0. The van der Waals surface area contributed by atoms with Gasteiger partial charge in [-0.25, -0.2) is 0 Å². The van der Waals surface area contributed by atoms with Gasteiger partial charge < -0.3 is 9.30 Å². The minimum Gasteiger partial charge on any atom is -0.383 e. The van der Waals surface area contributed by atoms with Crippen molar-refractivity contribution in [2.24, 2.45) is 0 Å². The largest absolute Gasteiger partial charge is 0.383 e. The molecule has 0 radical (unpaired) electrons. The van der Waals surface area contributed by atoms with Crippen molar-refractivity contribution in [3.8, 4) is 11.3 Å². The van der Waals surface area contributed by atoms with Gasteiger partial charge in [0.1, 0.15) is 0 Å². The predicted molar refractivity (Wildman–Crippen MR) is 87.5 cm³/mol. The molecule has 0 bridgehead atoms. The second-order valence-corrected chi connectivity index (χ2v) is 5.44. The molecule has 0 fully saturated rings. The molecule has 116 valence electrons. The van der Waals surface area contributed by atoms with Crippen molar-refractivity contribution < 1.29 is 9.53 Å². The monoisotopic (exact) mass is 299 g/mol. The van der Waals surface area contributed by atoms with Gasteiger partial charge in [0.2, 0.25) is 0 Å². The lowest BCUT2D eigenvalue weighted by Crippen LogP contribution is -2.28. The average molecular weight is 299 g/mol. The summed E-state index contributed by atoms with van der Waals surface area (Å²) in [6, 6.07) is 9.53. The molecule has 1 aromatic heterocycles. The molecule has 1 aromatic carbocycles. The highest BCUT2D eigenvalue weighted by molar-refractivity contribution is 5.94. The van der Waals surface area contributed by atoms with Crippen LogP contribution < -0.4 is 5.56 Å². The highest BCUT2D eigenvalue weighted by Crippen LogP contribution is 2.21. The first kappa shape index (κ1) is 16.2. The molecule has 0 saturated carbocycles. The lowest BCUT2D eigenvalue weighted by Gasteiger charge is -2.15. The van der Waals surface area contributed by atoms with Crippen LogP contribution in [0, 0.1) is 13.8 Å². The number of Topliss-reactive ketones (excluding diaryl/α,β-unsaturated/α-hetero) is 1. The third kappa shape index (κ3) is 3.17. The van der Waals surface area contributed by atoms with Crippen molar-refractivity contribution in [2.45, 2.75) is 27.3 Å². The van der Waals surface area contributed by atoms with Crippen molar-refractivity contribution in [1.82, 2.24) is 4.57 Å². The summed E-state index contributed by atoms with van der Waals surface area (Å²) in [5.74, 6) is -0.220. The van der Waals surface area contributed by atoms with Crippen LogP contribution >= 0.6 is 0 Å². The Hall–Kier alpha value is -2.20. The third-order valence-corrected chi connectivity index (χ3v) is 3.88. The molecule has 4 nitrogen and oxygen atoms in total. The Labute approximate surface area is 130 Å². The zero-order valence-electron chi connectivity index (χ0n) is 13.5. The van der Waals surface area contributed by atoms with Crippen LogP contribution in [0.25, 0.3) is 11.3 Å². The minimum atomic E-state index is -0.264. The van der Waals surface area contributed by atoms with Crippen molar-refractivity contribution in [2.75, 3.05) is 13.7 Å². The lowest BCUT2D eigenvalue weighted by atomic mass is 10.0. The molecule has 0 aliphatic heterocycles. The minimum absolute atomic E-state index is 0.212. The molecule has 2 rings (SSSR count). The maximum Gasteiger partial charge on any atom is 0.261 e. The number of benzene rings is 1. The van der Waals surface area contributed by atoms with E-state index >= 15 is 0 Å². The van der Waals surface area contributed by atoms with Crippen LogP contribution in [0.5, 0.6) is 0 Å². The molecule has 2 aromatic rings. The maximum atomic E-state index is 12.5. The number of ketones is 1. The van der Waals surface area contributed by atoms with E-state index in [1.807, 2.05) is 25.1 Å². The van der Waals surface area contributed by atoms with Crippen LogP contribution in [-0.2, 0) is 11.3 Å². The smallest absolute Gasteiger partial charge is 0.261 e. The molecule has 0 aliphatic rings. The van der Waals surface area contributed by atoms with Crippen LogP contribution in [0.1, 0.15) is 28.4 Å². The van der Waals surface area contributed by atoms with Crippen LogP contribution in [0.15, 0.2) is 35.1 Å². The number of ether oxygens (including phenoxy) is 1. The number of hydrogen-bond acceptors (Lipinski definition) is 3. The molecule has 4 heteroatoms. The van der Waals surface area contributed by atoms with Crippen molar-refractivity contribution >= 4 is 5.78 Å². The quantitative estimate of drug-likeness (QED) is 0.797. The molecule has 0 unspecified atom stereocenters. The summed E-state index contributed by atoms with van der Waals surface area (Å²) in [6.45, 7) is 6.33. The fourth-order valence-corrected chi connectivity index (χ4v) is 2.40. The van der Waals surface area contributed by atoms with Crippen molar-refractivity contribution in [3.63, 3.8) is 0 Å². The Morgan fingerprint density at radius 1 is 1.14 bits per heavy atom. The Morgan fingerprint density at radius 3 is 2.45 bits per heavy atom. The third-order valence-electron chi connectivity index (χ3n) is 3.88. The SMILES string of the molecule is COCCn1c(-c2ccc(C)c(C)c2)ccc(C(C)=O)c1=O. The summed E-state index contributed by atoms with van der Waals surface area (Å²) in [7, 11) is 1.59. The number of aryl methyl sites for hydroxylation is 2. The van der Waals surface area contributed by atoms with Gasteiger partial charge in [0, 0.05) is 13.7 Å². The van der Waals surface area contributed by atoms with Crippen LogP contribution in [0.4, 0.5) is 0 Å². The zero-order chi connectivity index (χ0) is 16.3. The van der Waals surface area contributed by atoms with Crippen LogP contribution in [0.3, 0.4) is 0 Å². The van der Waals surface area contributed by atoms with Gasteiger partial charge in [-0.05, 0) is 55.7 Å². The van der Waals surface area contributed by atoms with Gasteiger partial charge in [-0.15, -0.1) is 0 Å². The summed E-state index contributed by atoms with van der Waals surface area (Å²) in [5.41, 5.74) is 4.08. The standard InChI is InChI=1S/C18H21NO3/c1-12-5-6-15(11-13(12)2)17-8-7-16(14(3)20)18(21)19(17)9-10-22-4/h5-8,11H,9-10H2,1-4H3. The summed E-state index contributed by atoms with van der Waals surface area (Å²) in [5, 5.41) is 0. The van der Waals surface area contributed by atoms with Gasteiger partial charge in [0.15, 0.2) is 5.78 Å². The number of carbonyl (C=O) groups is 1. The van der Waals surface area contributed by atoms with E-state index in [4.69, 9.17) is 4.74 Å². The van der Waals surface area contributed by atoms with E-state index in [0.717, 1.165) is 11.3 Å². The highest BCUT2D eigenvalue weighted by atomic mass is 16.5. The Morgan fingerprint density at radius 2 is 1.86 bits per heavy atom. The van der Waals surface area contributed by atoms with E-state index < -0.39 is 0 Å². The predicted octanol–water partition coefficient (Wildman–Crippen LogP) is 2.98. The summed E-state index contributed by atoms with van der Waals surface area (Å²) < 4.78 is 6.71. The molecule has 0 aliphatic carbocycles. The average Bonchev–Trinajstić information content (AvgIpc) is 2.48. The molecule has 1 heterocycles. The van der Waals surface area contributed by atoms with E-state index in [9.17, 15) is 9.59 Å². The fourth-order valence-electron chi connectivity index (χ4n) is 2.40. The van der Waals surface area contributed by atoms with Crippen LogP contribution in [0.2, 0.25) is 0 Å². The Bertz CT molecular complexity index is 759. The molecule has 0 atom stereocenters. The fraction of sp³-hybridized carbons (Fsp3) is 0.333. The summed E-state index contributed by atoms with van der Waals surface area (Å²) in [4.78, 5) is 24.1. The van der Waals surface area contributed by atoms with Gasteiger partial charge in [0.05, 0.1) is 17.9 Å². The van der Waals surface area contributed by atoms with Gasteiger partial charge in [-0.1, -0.05) is 12.1 Å². The van der Waals surface area contributed by atoms with Crippen LogP contribution in [-0.4, -0.2) is 24.1 Å². The molecule has 0 saturated heterocycles. The Balaban J connectivity index is 2.63. The number of rotatable bonds is 5. The normalized spacial score (nSPS) is 10.7. The number of aromatic nitrogens is 1. The number of nitrogens with zero attached hydrogens (tertiary/aromatic N) is 1. The molecule has 0 N–H and O–H groups in total. The van der Waals surface area contributed by atoms with Gasteiger partial charge in [-0.2, -0.15) is 0 Å². The van der Waals surface area contributed by atoms with E-state index in [2.05, 4.69) is 13.0 Å². The first-order chi connectivity index (χ1) is 10.5. The van der Waals surface area contributed by atoms with Gasteiger partial charge >= 0.3 is 0 Å². The Kier molecular flexibility index (Phi) is 4.93. The number of pyridine rings is 1. The zero-order valence-corrected chi connectivity index (χ0v) is 13.5. The number of methoxy groups -OCH3 is 1. The second kappa shape index (κ2) is 6.71. The van der Waals surface area contributed by atoms with E-state index in [1.165, 1.54) is 18.1 Å². The maximum absolute atomic E-state index is 12.5. The summed E-state index contributed by atoms with van der Waals surface area (Å²) in [6.07, 6.45) is 0. The lowest BCUT2D eigenvalue weighted by molar-refractivity contribution is 0.101. The van der Waals surface area contributed by atoms with Crippen molar-refractivity contribution in [3.05, 3.63) is 57.4 Å². The molecule has 0 spiro atoms. The topological polar surface area (TPSA) is 48.3 Å². The van der Waals surface area contributed by atoms with E-state index in [1.54, 1.807) is 17.7 Å². The van der Waals surface area contributed by atoms with E-state index in [0.29, 0.717) is 13.2 Å². The van der Waals surface area contributed by atoms with E-state index in [-0.39, 0.29) is 16.9 Å². The first-order valence-electron chi connectivity index (χ1n) is 7.27. The van der Waals surface area contributed by atoms with Gasteiger partial charge in [-0.3, -0.25) is 9.59 Å².